The molecule has 0 bridgehead atoms. The van der Waals surface area contributed by atoms with Gasteiger partial charge in [0.25, 0.3) is 0 Å². The maximum Gasteiger partial charge on any atom is 0.145 e. The molecule has 2 aliphatic rings. The van der Waals surface area contributed by atoms with Gasteiger partial charge in [-0.3, -0.25) is 9.97 Å². The molecule has 2 aliphatic heterocycles. The number of para-hydroxylation sites is 2. The highest BCUT2D eigenvalue weighted by atomic mass is 32.4. The van der Waals surface area contributed by atoms with E-state index in [-0.39, 0.29) is 0 Å². The quantitative estimate of drug-likeness (QED) is 0.296. The number of hydrogen-bond acceptors (Lipinski definition) is 5. The molecule has 0 radical (unpaired) electrons. The summed E-state index contributed by atoms with van der Waals surface area (Å²) >= 11 is 6.69. The number of ether oxygens (including phenoxy) is 2. The Morgan fingerprint density at radius 3 is 1.53 bits per heavy atom. The van der Waals surface area contributed by atoms with Crippen LogP contribution in [0.15, 0.2) is 103 Å². The second-order valence-electron chi connectivity index (χ2n) is 8.15. The lowest BCUT2D eigenvalue weighted by Crippen LogP contribution is -2.35. The van der Waals surface area contributed by atoms with Crippen LogP contribution in [0, 0.1) is 0 Å². The molecule has 0 saturated heterocycles. The third-order valence-corrected chi connectivity index (χ3v) is 11.1. The summed E-state index contributed by atoms with van der Waals surface area (Å²) in [7, 11) is 0. The maximum absolute atomic E-state index is 6.69. The van der Waals surface area contributed by atoms with Crippen molar-refractivity contribution in [3.8, 4) is 45.5 Å². The lowest BCUT2D eigenvalue weighted by atomic mass is 10.1. The average Bonchev–Trinajstić information content (AvgIpc) is 2.89. The van der Waals surface area contributed by atoms with Gasteiger partial charge in [-0.2, -0.15) is 0 Å². The number of aromatic nitrogens is 2. The van der Waals surface area contributed by atoms with E-state index >= 15 is 0 Å². The molecule has 2 aromatic heterocycles. The van der Waals surface area contributed by atoms with Crippen molar-refractivity contribution in [1.29, 1.82) is 0 Å². The van der Waals surface area contributed by atoms with Crippen molar-refractivity contribution in [3.05, 3.63) is 103 Å². The predicted molar refractivity (Wildman–Crippen MR) is 139 cm³/mol. The van der Waals surface area contributed by atoms with Gasteiger partial charge in [0.2, 0.25) is 0 Å². The van der Waals surface area contributed by atoms with E-state index in [0.717, 1.165) is 61.4 Å². The predicted octanol–water partition coefficient (Wildman–Crippen LogP) is 5.78. The van der Waals surface area contributed by atoms with E-state index in [2.05, 4.69) is 22.1 Å². The summed E-state index contributed by atoms with van der Waals surface area (Å²) < 4.78 is 13.1. The summed E-state index contributed by atoms with van der Waals surface area (Å²) in [4.78, 5) is 9.16. The maximum atomic E-state index is 6.69. The fourth-order valence-corrected chi connectivity index (χ4v) is 9.28. The zero-order valence-electron chi connectivity index (χ0n) is 17.9. The molecule has 7 rings (SSSR count). The molecular weight excluding hydrogens is 459 g/mol. The van der Waals surface area contributed by atoms with Crippen molar-refractivity contribution in [1.82, 2.24) is 9.97 Å². The molecule has 162 valence electrons. The van der Waals surface area contributed by atoms with Crippen molar-refractivity contribution < 1.29 is 9.47 Å². The summed E-state index contributed by atoms with van der Waals surface area (Å²) in [5.74, 6) is 3.08. The van der Waals surface area contributed by atoms with Crippen molar-refractivity contribution in [2.45, 2.75) is 0 Å². The fraction of sp³-hybridized carbons (Fsp3) is 0. The minimum Gasteiger partial charge on any atom is -0.455 e. The molecule has 0 spiro atoms. The third kappa shape index (κ3) is 2.68. The van der Waals surface area contributed by atoms with Gasteiger partial charge in [0, 0.05) is 34.1 Å². The highest BCUT2D eigenvalue weighted by Gasteiger charge is 2.44. The van der Waals surface area contributed by atoms with Crippen LogP contribution < -0.4 is 25.4 Å². The topological polar surface area (TPSA) is 44.2 Å². The van der Waals surface area contributed by atoms with Gasteiger partial charge in [-0.1, -0.05) is 42.1 Å². The second-order valence-corrected chi connectivity index (χ2v) is 12.4. The summed E-state index contributed by atoms with van der Waals surface area (Å²) in [6, 6.07) is 27.6. The van der Waals surface area contributed by atoms with Crippen LogP contribution in [0.5, 0.6) is 23.0 Å². The molecule has 0 fully saturated rings. The average molecular weight is 476 g/mol. The van der Waals surface area contributed by atoms with Crippen LogP contribution in [0.3, 0.4) is 0 Å². The number of nitrogens with zero attached hydrogens (tertiary/aromatic N) is 2. The van der Waals surface area contributed by atoms with Gasteiger partial charge in [0.15, 0.2) is 0 Å². The first-order valence-electron chi connectivity index (χ1n) is 10.9. The number of hydrogen-bond donors (Lipinski definition) is 0. The lowest BCUT2D eigenvalue weighted by Gasteiger charge is -2.38. The molecular formula is C28H17N2O2PS. The van der Waals surface area contributed by atoms with Crippen molar-refractivity contribution in [2.75, 3.05) is 0 Å². The number of pyridine rings is 2. The molecule has 0 saturated carbocycles. The van der Waals surface area contributed by atoms with E-state index in [1.54, 1.807) is 12.4 Å². The van der Waals surface area contributed by atoms with E-state index in [1.807, 2.05) is 78.9 Å². The van der Waals surface area contributed by atoms with Gasteiger partial charge in [-0.15, -0.1) is 0 Å². The Labute approximate surface area is 201 Å². The van der Waals surface area contributed by atoms with Crippen molar-refractivity contribution in [3.63, 3.8) is 0 Å². The molecule has 4 heterocycles. The molecule has 0 atom stereocenters. The lowest BCUT2D eigenvalue weighted by molar-refractivity contribution is 0.468. The first-order valence-corrected chi connectivity index (χ1v) is 13.7. The molecule has 0 amide bonds. The van der Waals surface area contributed by atoms with Gasteiger partial charge >= 0.3 is 0 Å². The number of benzene rings is 3. The molecule has 5 aromatic rings. The normalized spacial score (nSPS) is 14.1. The molecule has 6 heteroatoms. The zero-order chi connectivity index (χ0) is 22.7. The van der Waals surface area contributed by atoms with Crippen molar-refractivity contribution >= 4 is 33.8 Å². The third-order valence-electron chi connectivity index (χ3n) is 6.25. The van der Waals surface area contributed by atoms with Gasteiger partial charge in [-0.25, -0.2) is 0 Å². The Morgan fingerprint density at radius 1 is 0.559 bits per heavy atom. The Kier molecular flexibility index (Phi) is 4.25. The molecule has 34 heavy (non-hydrogen) atoms. The Morgan fingerprint density at radius 2 is 1.06 bits per heavy atom. The first kappa shape index (κ1) is 19.7. The van der Waals surface area contributed by atoms with Crippen LogP contribution in [0.25, 0.3) is 22.5 Å². The van der Waals surface area contributed by atoms with Crippen LogP contribution in [0.1, 0.15) is 0 Å². The van der Waals surface area contributed by atoms with Crippen LogP contribution in [-0.4, -0.2) is 9.97 Å². The zero-order valence-corrected chi connectivity index (χ0v) is 19.6. The highest BCUT2D eigenvalue weighted by molar-refractivity contribution is 8.26. The second kappa shape index (κ2) is 7.36. The van der Waals surface area contributed by atoms with Crippen LogP contribution in [0.4, 0.5) is 0 Å². The largest absolute Gasteiger partial charge is 0.455 e. The Hall–Kier alpha value is -3.79. The van der Waals surface area contributed by atoms with E-state index in [4.69, 9.17) is 21.3 Å². The first-order chi connectivity index (χ1) is 16.7. The van der Waals surface area contributed by atoms with E-state index in [0.29, 0.717) is 0 Å². The van der Waals surface area contributed by atoms with Crippen LogP contribution in [-0.2, 0) is 11.8 Å². The molecule has 4 nitrogen and oxygen atoms in total. The molecule has 3 aromatic carbocycles. The summed E-state index contributed by atoms with van der Waals surface area (Å²) in [6.07, 6.45) is 3.59. The fourth-order valence-electron chi connectivity index (χ4n) is 4.78. The number of rotatable bonds is 2. The van der Waals surface area contributed by atoms with Gasteiger partial charge < -0.3 is 9.47 Å². The smallest absolute Gasteiger partial charge is 0.145 e. The van der Waals surface area contributed by atoms with E-state index in [9.17, 15) is 0 Å². The van der Waals surface area contributed by atoms with Gasteiger partial charge in [-0.05, 0) is 60.7 Å². The van der Waals surface area contributed by atoms with Crippen molar-refractivity contribution in [2.24, 2.45) is 0 Å². The minimum atomic E-state index is -2.48. The monoisotopic (exact) mass is 476 g/mol. The Balaban J connectivity index is 1.56. The minimum absolute atomic E-state index is 0.755. The molecule has 0 aliphatic carbocycles. The summed E-state index contributed by atoms with van der Waals surface area (Å²) in [5.41, 5.74) is 3.59. The van der Waals surface area contributed by atoms with Crippen LogP contribution >= 0.6 is 6.04 Å². The van der Waals surface area contributed by atoms with Gasteiger partial charge in [0.1, 0.15) is 23.0 Å². The molecule has 0 unspecified atom stereocenters. The Bertz CT molecular complexity index is 1520. The molecule has 0 N–H and O–H groups in total. The van der Waals surface area contributed by atoms with E-state index in [1.165, 1.54) is 0 Å². The van der Waals surface area contributed by atoms with Gasteiger partial charge in [0.05, 0.1) is 22.7 Å². The van der Waals surface area contributed by atoms with E-state index < -0.39 is 6.04 Å². The number of fused-ring (bicyclic) bond motifs is 4. The summed E-state index contributed by atoms with van der Waals surface area (Å²) in [6.45, 7) is 0. The van der Waals surface area contributed by atoms with Crippen LogP contribution in [0.2, 0.25) is 0 Å². The SMILES string of the molecule is S=P12c3cccc(-c4ccccn4)c3Oc3cccc(c31)Oc1c(-c3ccccn3)cccc12. The highest BCUT2D eigenvalue weighted by Crippen LogP contribution is 2.60. The standard InChI is InChI=1S/C28H17N2O2PS/c34-33-24-14-5-8-18(20-10-1-3-16-29-20)26(24)31-22-12-7-13-23(28(22)33)32-27-19(9-6-15-25(27)33)21-11-2-4-17-30-21/h1-17H. The summed E-state index contributed by atoms with van der Waals surface area (Å²) in [5, 5.41) is 3.02.